The second kappa shape index (κ2) is 11.4. The molecule has 3 saturated heterocycles. The zero-order chi connectivity index (χ0) is 29.4. The first kappa shape index (κ1) is 29.0. The average Bonchev–Trinajstić information content (AvgIpc) is 3.55. The minimum absolute atomic E-state index is 0.221. The number of fused-ring (bicyclic) bond motifs is 2. The van der Waals surface area contributed by atoms with E-state index in [-0.39, 0.29) is 31.6 Å². The largest absolute Gasteiger partial charge is 0.465 e. The zero-order valence-corrected chi connectivity index (χ0v) is 24.0. The molecule has 1 N–H and O–H groups in total. The number of esters is 1. The van der Waals surface area contributed by atoms with Crippen molar-refractivity contribution in [2.75, 3.05) is 24.7 Å². The zero-order valence-electron chi connectivity index (χ0n) is 24.0. The number of hydrogen-bond acceptors (Lipinski definition) is 6. The molecule has 3 aliphatic rings. The maximum atomic E-state index is 14.7. The summed E-state index contributed by atoms with van der Waals surface area (Å²) in [7, 11) is 0. The molecule has 0 radical (unpaired) electrons. The van der Waals surface area contributed by atoms with E-state index in [4.69, 9.17) is 9.47 Å². The average molecular weight is 561 g/mol. The molecule has 3 fully saturated rings. The molecule has 2 aromatic rings. The summed E-state index contributed by atoms with van der Waals surface area (Å²) in [6, 6.07) is 12.1. The third-order valence-corrected chi connectivity index (χ3v) is 9.20. The summed E-state index contributed by atoms with van der Waals surface area (Å²) < 4.78 is 12.4. The second-order valence-electron chi connectivity index (χ2n) is 11.6. The number of aliphatic hydroxyl groups is 1. The van der Waals surface area contributed by atoms with Gasteiger partial charge in [-0.1, -0.05) is 49.4 Å². The molecule has 41 heavy (non-hydrogen) atoms. The van der Waals surface area contributed by atoms with E-state index < -0.39 is 41.1 Å². The van der Waals surface area contributed by atoms with Crippen LogP contribution in [0.3, 0.4) is 0 Å². The normalized spacial score (nSPS) is 28.9. The van der Waals surface area contributed by atoms with Gasteiger partial charge in [-0.05, 0) is 61.9 Å². The first-order valence-corrected chi connectivity index (χ1v) is 14.6. The molecule has 6 atom stereocenters. The summed E-state index contributed by atoms with van der Waals surface area (Å²) in [5, 5.41) is 12.4. The molecule has 0 saturated carbocycles. The van der Waals surface area contributed by atoms with Crippen molar-refractivity contribution in [1.82, 2.24) is 4.90 Å². The highest BCUT2D eigenvalue weighted by Crippen LogP contribution is 2.63. The van der Waals surface area contributed by atoms with Gasteiger partial charge >= 0.3 is 5.97 Å². The summed E-state index contributed by atoms with van der Waals surface area (Å²) in [4.78, 5) is 45.6. The fourth-order valence-electron chi connectivity index (χ4n) is 7.24. The minimum Gasteiger partial charge on any atom is -0.465 e. The van der Waals surface area contributed by atoms with Crippen molar-refractivity contribution >= 4 is 34.2 Å². The molecule has 8 heteroatoms. The smallest absolute Gasteiger partial charge is 0.312 e. The van der Waals surface area contributed by atoms with Crippen molar-refractivity contribution < 1.29 is 29.0 Å². The Hall–Kier alpha value is -3.49. The quantitative estimate of drug-likeness (QED) is 0.235. The van der Waals surface area contributed by atoms with E-state index in [1.807, 2.05) is 56.3 Å². The van der Waals surface area contributed by atoms with Crippen molar-refractivity contribution in [3.63, 3.8) is 0 Å². The van der Waals surface area contributed by atoms with E-state index in [1.165, 1.54) is 4.90 Å². The summed E-state index contributed by atoms with van der Waals surface area (Å²) in [6.07, 6.45) is 6.20. The molecule has 3 heterocycles. The third kappa shape index (κ3) is 4.67. The fraction of sp³-hybridized carbons (Fsp3) is 0.485. The number of hydrogen-bond donors (Lipinski definition) is 1. The Balaban J connectivity index is 1.56. The molecule has 5 rings (SSSR count). The lowest BCUT2D eigenvalue weighted by atomic mass is 9.66. The van der Waals surface area contributed by atoms with Crippen LogP contribution in [0, 0.1) is 11.8 Å². The first-order valence-electron chi connectivity index (χ1n) is 14.6. The fourth-order valence-corrected chi connectivity index (χ4v) is 7.24. The highest BCUT2D eigenvalue weighted by atomic mass is 16.6. The van der Waals surface area contributed by atoms with Crippen molar-refractivity contribution in [3.05, 3.63) is 67.8 Å². The van der Waals surface area contributed by atoms with Gasteiger partial charge in [-0.15, -0.1) is 13.2 Å². The molecule has 8 nitrogen and oxygen atoms in total. The Morgan fingerprint density at radius 2 is 1.95 bits per heavy atom. The van der Waals surface area contributed by atoms with Gasteiger partial charge in [0, 0.05) is 12.2 Å². The van der Waals surface area contributed by atoms with Crippen LogP contribution in [0.2, 0.25) is 0 Å². The highest BCUT2D eigenvalue weighted by molar-refractivity contribution is 6.05. The number of unbranched alkanes of at least 4 members (excludes halogenated alkanes) is 1. The molecule has 1 spiro atoms. The van der Waals surface area contributed by atoms with E-state index in [2.05, 4.69) is 13.2 Å². The summed E-state index contributed by atoms with van der Waals surface area (Å²) >= 11 is 0. The number of carbonyl (C=O) groups excluding carboxylic acids is 3. The van der Waals surface area contributed by atoms with Crippen LogP contribution in [-0.4, -0.2) is 70.8 Å². The van der Waals surface area contributed by atoms with Gasteiger partial charge in [0.05, 0.1) is 30.8 Å². The third-order valence-electron chi connectivity index (χ3n) is 9.20. The molecule has 3 aliphatic heterocycles. The maximum absolute atomic E-state index is 14.7. The van der Waals surface area contributed by atoms with E-state index in [9.17, 15) is 19.5 Å². The van der Waals surface area contributed by atoms with E-state index in [0.717, 1.165) is 10.8 Å². The Morgan fingerprint density at radius 1 is 1.20 bits per heavy atom. The number of likely N-dealkylation sites (tertiary alicyclic amines) is 1. The number of carbonyl (C=O) groups is 3. The van der Waals surface area contributed by atoms with Gasteiger partial charge in [0.1, 0.15) is 17.6 Å². The molecule has 2 unspecified atom stereocenters. The van der Waals surface area contributed by atoms with Gasteiger partial charge in [-0.3, -0.25) is 14.4 Å². The summed E-state index contributed by atoms with van der Waals surface area (Å²) in [5.74, 6) is -2.83. The van der Waals surface area contributed by atoms with Crippen molar-refractivity contribution in [1.29, 1.82) is 0 Å². The van der Waals surface area contributed by atoms with Crippen LogP contribution >= 0.6 is 0 Å². The number of benzene rings is 2. The van der Waals surface area contributed by atoms with Gasteiger partial charge in [-0.2, -0.15) is 0 Å². The topological polar surface area (TPSA) is 96.4 Å². The van der Waals surface area contributed by atoms with Crippen LogP contribution < -0.4 is 4.90 Å². The number of nitrogens with zero attached hydrogens (tertiary/aromatic N) is 2. The number of amides is 2. The van der Waals surface area contributed by atoms with Gasteiger partial charge in [0.25, 0.3) is 5.91 Å². The van der Waals surface area contributed by atoms with Gasteiger partial charge in [0.2, 0.25) is 5.91 Å². The second-order valence-corrected chi connectivity index (χ2v) is 11.6. The predicted octanol–water partition coefficient (Wildman–Crippen LogP) is 4.40. The van der Waals surface area contributed by atoms with Crippen LogP contribution in [-0.2, 0) is 23.9 Å². The van der Waals surface area contributed by atoms with Crippen molar-refractivity contribution in [2.45, 2.75) is 69.2 Å². The van der Waals surface area contributed by atoms with Crippen LogP contribution in [0.25, 0.3) is 10.8 Å². The van der Waals surface area contributed by atoms with E-state index in [0.29, 0.717) is 37.8 Å². The van der Waals surface area contributed by atoms with Gasteiger partial charge in [0.15, 0.2) is 0 Å². The molecule has 2 bridgehead atoms. The molecule has 218 valence electrons. The number of anilines is 1. The van der Waals surface area contributed by atoms with Crippen molar-refractivity contribution in [2.24, 2.45) is 11.8 Å². The van der Waals surface area contributed by atoms with Crippen LogP contribution in [0.1, 0.15) is 46.0 Å². The standard InChI is InChI=1S/C33H40N2O6/c1-5-8-11-19-40-31(39)27-26-29(37)35(24(7-3)21-36)28(33(26)17-16-32(27,4)41-33)30(38)34(18-6-2)25-15-14-22-12-9-10-13-23(22)20-25/h5-6,9-10,12-15,20,24,26-28,36H,1-2,7-8,11,16-19,21H2,3-4H3/t24-,26-,27-,28?,32+,33?/m0/s1. The molecule has 2 amide bonds. The lowest BCUT2D eigenvalue weighted by Crippen LogP contribution is -2.59. The minimum atomic E-state index is -1.20. The monoisotopic (exact) mass is 560 g/mol. The Bertz CT molecular complexity index is 1350. The molecule has 0 aliphatic carbocycles. The Morgan fingerprint density at radius 3 is 2.63 bits per heavy atom. The highest BCUT2D eigenvalue weighted by Gasteiger charge is 2.79. The number of rotatable bonds is 12. The summed E-state index contributed by atoms with van der Waals surface area (Å²) in [6.45, 7) is 11.5. The van der Waals surface area contributed by atoms with E-state index in [1.54, 1.807) is 17.1 Å². The van der Waals surface area contributed by atoms with Crippen LogP contribution in [0.15, 0.2) is 67.8 Å². The Labute approximate surface area is 241 Å². The lowest BCUT2D eigenvalue weighted by molar-refractivity contribution is -0.160. The SMILES string of the molecule is C=CCCCOC(=O)[C@@H]1[C@H]2C(=O)N([C@@H](CC)CO)C(C(=O)N(CC=C)c3ccc4ccccc4c3)C23CC[C@@]1(C)O3. The molecular weight excluding hydrogens is 520 g/mol. The number of aliphatic hydroxyl groups excluding tert-OH is 1. The molecular formula is C33H40N2O6. The lowest BCUT2D eigenvalue weighted by Gasteiger charge is -2.39. The van der Waals surface area contributed by atoms with Gasteiger partial charge < -0.3 is 24.4 Å². The number of allylic oxidation sites excluding steroid dienone is 1. The predicted molar refractivity (Wildman–Crippen MR) is 157 cm³/mol. The van der Waals surface area contributed by atoms with Crippen LogP contribution in [0.5, 0.6) is 0 Å². The molecule has 0 aromatic heterocycles. The Kier molecular flexibility index (Phi) is 8.08. The van der Waals surface area contributed by atoms with E-state index >= 15 is 0 Å². The summed E-state index contributed by atoms with van der Waals surface area (Å²) in [5.41, 5.74) is -1.45. The van der Waals surface area contributed by atoms with Gasteiger partial charge in [-0.25, -0.2) is 0 Å². The number of ether oxygens (including phenoxy) is 2. The first-order chi connectivity index (χ1) is 19.8. The molecule has 2 aromatic carbocycles. The maximum Gasteiger partial charge on any atom is 0.312 e. The van der Waals surface area contributed by atoms with Crippen molar-refractivity contribution in [3.8, 4) is 0 Å². The van der Waals surface area contributed by atoms with Crippen LogP contribution in [0.4, 0.5) is 5.69 Å².